The number of nitrogens with zero attached hydrogens (tertiary/aromatic N) is 5. The molecule has 0 fully saturated rings. The summed E-state index contributed by atoms with van der Waals surface area (Å²) in [5, 5.41) is 19.0. The summed E-state index contributed by atoms with van der Waals surface area (Å²) in [6.45, 7) is 5.97. The van der Waals surface area contributed by atoms with Crippen LogP contribution in [-0.2, 0) is 24.5 Å². The number of hydrogen-bond acceptors (Lipinski definition) is 7. The summed E-state index contributed by atoms with van der Waals surface area (Å²) in [5.41, 5.74) is -0.367. The Morgan fingerprint density at radius 2 is 1.88 bits per heavy atom. The topological polar surface area (TPSA) is 127 Å². The third kappa shape index (κ3) is 6.05. The van der Waals surface area contributed by atoms with Gasteiger partial charge in [-0.1, -0.05) is 30.3 Å². The largest absolute Gasteiger partial charge is 0.382 e. The lowest BCUT2D eigenvalue weighted by Gasteiger charge is -2.17. The van der Waals surface area contributed by atoms with E-state index in [9.17, 15) is 19.2 Å². The number of benzene rings is 2. The molecule has 0 unspecified atom stereocenters. The fourth-order valence-corrected chi connectivity index (χ4v) is 4.02. The van der Waals surface area contributed by atoms with Gasteiger partial charge in [-0.3, -0.25) is 14.3 Å². The molecule has 0 aliphatic rings. The molecule has 0 aliphatic heterocycles. The van der Waals surface area contributed by atoms with Gasteiger partial charge in [0.25, 0.3) is 5.91 Å². The predicted molar refractivity (Wildman–Crippen MR) is 144 cm³/mol. The fraction of sp³-hybridized carbons (Fsp3) is 0.250. The minimum atomic E-state index is -0.915. The molecule has 0 atom stereocenters. The van der Waals surface area contributed by atoms with Crippen LogP contribution < -0.4 is 16.3 Å². The summed E-state index contributed by atoms with van der Waals surface area (Å²) >= 11 is 0. The molecular weight excluding hydrogens is 520 g/mol. The summed E-state index contributed by atoms with van der Waals surface area (Å²) in [6.07, 6.45) is 1.96. The van der Waals surface area contributed by atoms with Crippen LogP contribution in [-0.4, -0.2) is 31.3 Å². The van der Waals surface area contributed by atoms with Crippen molar-refractivity contribution in [2.45, 2.75) is 46.6 Å². The van der Waals surface area contributed by atoms with Gasteiger partial charge in [-0.2, -0.15) is 9.94 Å². The van der Waals surface area contributed by atoms with Crippen molar-refractivity contribution in [3.05, 3.63) is 99.5 Å². The molecule has 206 valence electrons. The minimum Gasteiger partial charge on any atom is -0.382 e. The number of aromatic nitrogens is 4. The molecule has 2 heterocycles. The monoisotopic (exact) mass is 547 g/mol. The number of amides is 1. The van der Waals surface area contributed by atoms with E-state index in [1.807, 2.05) is 30.3 Å². The quantitative estimate of drug-likeness (QED) is 0.302. The second kappa shape index (κ2) is 12.3. The summed E-state index contributed by atoms with van der Waals surface area (Å²) in [4.78, 5) is 29.9. The Morgan fingerprint density at radius 1 is 1.12 bits per heavy atom. The van der Waals surface area contributed by atoms with Crippen molar-refractivity contribution in [2.75, 3.05) is 10.6 Å². The number of pyridine rings is 1. The lowest BCUT2D eigenvalue weighted by molar-refractivity contribution is 0.0989. The van der Waals surface area contributed by atoms with Crippen LogP contribution in [0.1, 0.15) is 48.1 Å². The first-order chi connectivity index (χ1) is 19.2. The average Bonchev–Trinajstić information content (AvgIpc) is 3.25. The number of nitrogens with one attached hydrogen (secondary N) is 2. The van der Waals surface area contributed by atoms with Crippen molar-refractivity contribution in [1.29, 1.82) is 5.26 Å². The van der Waals surface area contributed by atoms with Gasteiger partial charge in [-0.25, -0.2) is 13.6 Å². The average molecular weight is 548 g/mol. The number of nitriles is 1. The van der Waals surface area contributed by atoms with Crippen LogP contribution in [0.5, 0.6) is 0 Å². The third-order valence-corrected chi connectivity index (χ3v) is 5.86. The van der Waals surface area contributed by atoms with Gasteiger partial charge in [0, 0.05) is 24.5 Å². The molecule has 0 spiro atoms. The SMILES string of the molecule is CCn1c(COCc2ccccc2)nn(-c2cc(NC(C)C)c(C(=O)Nc3c(F)cncc3C#N)cc2F)c1=O. The summed E-state index contributed by atoms with van der Waals surface area (Å²) < 4.78 is 37.8. The second-order valence-electron chi connectivity index (χ2n) is 9.09. The van der Waals surface area contributed by atoms with E-state index in [0.29, 0.717) is 12.4 Å². The molecule has 0 bridgehead atoms. The van der Waals surface area contributed by atoms with Gasteiger partial charge in [0.1, 0.15) is 24.2 Å². The predicted octanol–water partition coefficient (Wildman–Crippen LogP) is 4.39. The molecule has 10 nitrogen and oxygen atoms in total. The van der Waals surface area contributed by atoms with Crippen molar-refractivity contribution in [3.8, 4) is 11.8 Å². The maximum absolute atomic E-state index is 15.5. The van der Waals surface area contributed by atoms with Gasteiger partial charge in [0.05, 0.1) is 29.6 Å². The van der Waals surface area contributed by atoms with Gasteiger partial charge in [0.15, 0.2) is 11.6 Å². The standard InChI is InChI=1S/C28H27F2N7O3/c1-4-36-25(16-40-15-18-8-6-5-7-9-18)35-37(28(36)39)24-11-23(33-17(2)3)20(10-21(24)29)27(38)34-26-19(12-31)13-32-14-22(26)30/h5-11,13-14,17,33H,4,15-16H2,1-3H3,(H,32,34,38). The molecule has 4 rings (SSSR count). The second-order valence-corrected chi connectivity index (χ2v) is 9.09. The molecule has 2 N–H and O–H groups in total. The maximum Gasteiger partial charge on any atom is 0.350 e. The number of rotatable bonds is 10. The highest BCUT2D eigenvalue weighted by Crippen LogP contribution is 2.26. The molecular formula is C28H27F2N7O3. The van der Waals surface area contributed by atoms with Crippen LogP contribution in [0.2, 0.25) is 0 Å². The molecule has 0 saturated heterocycles. The number of halogens is 2. The van der Waals surface area contributed by atoms with E-state index >= 15 is 4.39 Å². The molecule has 40 heavy (non-hydrogen) atoms. The molecule has 0 radical (unpaired) electrons. The Hall–Kier alpha value is -4.89. The van der Waals surface area contributed by atoms with Crippen molar-refractivity contribution >= 4 is 17.3 Å². The van der Waals surface area contributed by atoms with Crippen LogP contribution in [0.15, 0.2) is 59.7 Å². The minimum absolute atomic E-state index is 0.0168. The smallest absolute Gasteiger partial charge is 0.350 e. The van der Waals surface area contributed by atoms with Gasteiger partial charge < -0.3 is 15.4 Å². The van der Waals surface area contributed by atoms with Gasteiger partial charge in [0.2, 0.25) is 0 Å². The van der Waals surface area contributed by atoms with E-state index in [1.165, 1.54) is 10.6 Å². The van der Waals surface area contributed by atoms with E-state index in [1.54, 1.807) is 26.8 Å². The number of ether oxygens (including phenoxy) is 1. The first-order valence-corrected chi connectivity index (χ1v) is 12.5. The fourth-order valence-electron chi connectivity index (χ4n) is 4.02. The lowest BCUT2D eigenvalue weighted by Crippen LogP contribution is -2.25. The highest BCUT2D eigenvalue weighted by atomic mass is 19.1. The highest BCUT2D eigenvalue weighted by Gasteiger charge is 2.23. The van der Waals surface area contributed by atoms with Crippen LogP contribution in [0.4, 0.5) is 20.2 Å². The van der Waals surface area contributed by atoms with E-state index in [4.69, 9.17) is 4.74 Å². The summed E-state index contributed by atoms with van der Waals surface area (Å²) in [5.74, 6) is -2.38. The highest BCUT2D eigenvalue weighted by molar-refractivity contribution is 6.08. The number of anilines is 2. The van der Waals surface area contributed by atoms with Crippen LogP contribution in [0.25, 0.3) is 5.69 Å². The molecule has 2 aromatic heterocycles. The van der Waals surface area contributed by atoms with Gasteiger partial charge in [-0.15, -0.1) is 5.10 Å². The van der Waals surface area contributed by atoms with Gasteiger partial charge >= 0.3 is 5.69 Å². The van der Waals surface area contributed by atoms with Crippen molar-refractivity contribution in [2.24, 2.45) is 0 Å². The summed E-state index contributed by atoms with van der Waals surface area (Å²) in [7, 11) is 0. The molecule has 12 heteroatoms. The molecule has 0 aliphatic carbocycles. The molecule has 2 aromatic carbocycles. The van der Waals surface area contributed by atoms with Crippen molar-refractivity contribution in [1.82, 2.24) is 19.3 Å². The Kier molecular flexibility index (Phi) is 8.66. The Bertz CT molecular complexity index is 1630. The Balaban J connectivity index is 1.69. The lowest BCUT2D eigenvalue weighted by atomic mass is 10.1. The van der Waals surface area contributed by atoms with Crippen molar-refractivity contribution < 1.29 is 18.3 Å². The maximum atomic E-state index is 15.5. The zero-order chi connectivity index (χ0) is 28.8. The van der Waals surface area contributed by atoms with E-state index in [-0.39, 0.29) is 47.4 Å². The summed E-state index contributed by atoms with van der Waals surface area (Å²) in [6, 6.07) is 13.3. The first kappa shape index (κ1) is 28.1. The number of carbonyl (C=O) groups excluding carboxylic acids is 1. The Labute approximate surface area is 228 Å². The molecule has 4 aromatic rings. The number of carbonyl (C=O) groups is 1. The van der Waals surface area contributed by atoms with Crippen LogP contribution >= 0.6 is 0 Å². The van der Waals surface area contributed by atoms with Crippen LogP contribution in [0.3, 0.4) is 0 Å². The zero-order valence-corrected chi connectivity index (χ0v) is 22.1. The van der Waals surface area contributed by atoms with E-state index in [2.05, 4.69) is 20.7 Å². The molecule has 1 amide bonds. The Morgan fingerprint density at radius 3 is 2.55 bits per heavy atom. The zero-order valence-electron chi connectivity index (χ0n) is 22.1. The van der Waals surface area contributed by atoms with Crippen LogP contribution in [0, 0.1) is 23.0 Å². The van der Waals surface area contributed by atoms with E-state index < -0.39 is 23.2 Å². The molecule has 0 saturated carbocycles. The van der Waals surface area contributed by atoms with E-state index in [0.717, 1.165) is 28.7 Å². The van der Waals surface area contributed by atoms with Crippen molar-refractivity contribution in [3.63, 3.8) is 0 Å². The normalized spacial score (nSPS) is 10.9. The first-order valence-electron chi connectivity index (χ1n) is 12.5. The number of hydrogen-bond donors (Lipinski definition) is 2. The van der Waals surface area contributed by atoms with Gasteiger partial charge in [-0.05, 0) is 38.5 Å². The third-order valence-electron chi connectivity index (χ3n) is 5.86.